The fraction of sp³-hybridized carbons (Fsp3) is 0.391. The number of hydrogen-bond acceptors (Lipinski definition) is 2. The Morgan fingerprint density at radius 3 is 2.07 bits per heavy atom. The van der Waals surface area contributed by atoms with Crippen LogP contribution in [0.2, 0.25) is 0 Å². The molecule has 0 saturated carbocycles. The molecule has 0 bridgehead atoms. The molecule has 2 aromatic carbocycles. The molecule has 0 radical (unpaired) electrons. The third-order valence-corrected chi connectivity index (χ3v) is 4.61. The fourth-order valence-electron chi connectivity index (χ4n) is 2.78. The van der Waals surface area contributed by atoms with Crippen molar-refractivity contribution in [3.05, 3.63) is 66.2 Å². The molecular formula is C23H30N2O2. The summed E-state index contributed by atoms with van der Waals surface area (Å²) in [6.45, 7) is 8.62. The summed E-state index contributed by atoms with van der Waals surface area (Å²) in [7, 11) is 0. The summed E-state index contributed by atoms with van der Waals surface area (Å²) >= 11 is 0. The number of anilines is 1. The topological polar surface area (TPSA) is 49.4 Å². The average molecular weight is 367 g/mol. The molecule has 0 spiro atoms. The molecule has 0 saturated heterocycles. The van der Waals surface area contributed by atoms with Crippen LogP contribution in [0.1, 0.15) is 39.7 Å². The molecule has 4 nitrogen and oxygen atoms in total. The van der Waals surface area contributed by atoms with E-state index in [1.165, 1.54) is 0 Å². The van der Waals surface area contributed by atoms with Gasteiger partial charge in [-0.05, 0) is 43.9 Å². The highest BCUT2D eigenvalue weighted by atomic mass is 16.2. The van der Waals surface area contributed by atoms with Crippen LogP contribution in [0.15, 0.2) is 60.7 Å². The first-order chi connectivity index (χ1) is 12.8. The molecule has 0 fully saturated rings. The highest BCUT2D eigenvalue weighted by Gasteiger charge is 2.39. The van der Waals surface area contributed by atoms with Gasteiger partial charge >= 0.3 is 0 Å². The van der Waals surface area contributed by atoms with E-state index in [9.17, 15) is 9.59 Å². The number of hydrogen-bond donors (Lipinski definition) is 1. The van der Waals surface area contributed by atoms with Gasteiger partial charge in [-0.2, -0.15) is 0 Å². The minimum atomic E-state index is -1.15. The van der Waals surface area contributed by atoms with Crippen LogP contribution in [-0.4, -0.2) is 18.4 Å². The molecule has 0 aromatic heterocycles. The Bertz CT molecular complexity index is 739. The molecule has 0 aliphatic carbocycles. The molecule has 27 heavy (non-hydrogen) atoms. The van der Waals surface area contributed by atoms with Crippen molar-refractivity contribution in [3.8, 4) is 0 Å². The van der Waals surface area contributed by atoms with Crippen molar-refractivity contribution in [1.82, 2.24) is 5.32 Å². The quantitative estimate of drug-likeness (QED) is 0.704. The number of nitrogens with zero attached hydrogens (tertiary/aromatic N) is 1. The molecule has 2 rings (SSSR count). The van der Waals surface area contributed by atoms with Gasteiger partial charge in [0.2, 0.25) is 11.8 Å². The normalized spacial score (nSPS) is 11.3. The number of rotatable bonds is 8. The maximum atomic E-state index is 13.4. The first-order valence-corrected chi connectivity index (χ1v) is 9.51. The van der Waals surface area contributed by atoms with E-state index < -0.39 is 5.41 Å². The van der Waals surface area contributed by atoms with E-state index in [0.29, 0.717) is 19.0 Å². The molecule has 0 unspecified atom stereocenters. The first kappa shape index (κ1) is 20.7. The van der Waals surface area contributed by atoms with Crippen molar-refractivity contribution in [2.75, 3.05) is 11.4 Å². The predicted molar refractivity (Wildman–Crippen MR) is 110 cm³/mol. The van der Waals surface area contributed by atoms with Crippen LogP contribution in [0.4, 0.5) is 5.69 Å². The number of para-hydroxylation sites is 1. The summed E-state index contributed by atoms with van der Waals surface area (Å²) < 4.78 is 0. The highest BCUT2D eigenvalue weighted by Crippen LogP contribution is 2.26. The van der Waals surface area contributed by atoms with E-state index >= 15 is 0 Å². The summed E-state index contributed by atoms with van der Waals surface area (Å²) in [5.74, 6) is 0.0600. The van der Waals surface area contributed by atoms with Crippen LogP contribution in [0.25, 0.3) is 0 Å². The molecule has 0 heterocycles. The zero-order valence-corrected chi connectivity index (χ0v) is 16.7. The second-order valence-corrected chi connectivity index (χ2v) is 7.78. The lowest BCUT2D eigenvalue weighted by Gasteiger charge is -2.31. The zero-order valence-electron chi connectivity index (χ0n) is 16.7. The van der Waals surface area contributed by atoms with Crippen LogP contribution >= 0.6 is 0 Å². The summed E-state index contributed by atoms with van der Waals surface area (Å²) in [5.41, 5.74) is 0.654. The van der Waals surface area contributed by atoms with Crippen LogP contribution < -0.4 is 10.2 Å². The van der Waals surface area contributed by atoms with Gasteiger partial charge in [-0.3, -0.25) is 9.59 Å². The van der Waals surface area contributed by atoms with Crippen molar-refractivity contribution < 1.29 is 9.59 Å². The average Bonchev–Trinajstić information content (AvgIpc) is 2.66. The molecular weight excluding hydrogens is 336 g/mol. The Kier molecular flexibility index (Phi) is 7.17. The Morgan fingerprint density at radius 2 is 1.52 bits per heavy atom. The SMILES string of the molecule is CC(C)CCNC(=O)C(C)(C)C(=O)N(Cc1ccccc1)c1ccccc1. The molecule has 1 N–H and O–H groups in total. The second kappa shape index (κ2) is 9.36. The van der Waals surface area contributed by atoms with E-state index in [1.807, 2.05) is 60.7 Å². The van der Waals surface area contributed by atoms with Crippen molar-refractivity contribution in [3.63, 3.8) is 0 Å². The van der Waals surface area contributed by atoms with E-state index in [0.717, 1.165) is 17.7 Å². The number of carbonyl (C=O) groups excluding carboxylic acids is 2. The van der Waals surface area contributed by atoms with Gasteiger partial charge in [0.05, 0.1) is 6.54 Å². The van der Waals surface area contributed by atoms with Gasteiger partial charge in [-0.25, -0.2) is 0 Å². The Hall–Kier alpha value is -2.62. The Labute approximate surface area is 162 Å². The van der Waals surface area contributed by atoms with Gasteiger partial charge in [-0.1, -0.05) is 62.4 Å². The maximum absolute atomic E-state index is 13.4. The lowest BCUT2D eigenvalue weighted by atomic mass is 9.89. The van der Waals surface area contributed by atoms with E-state index in [4.69, 9.17) is 0 Å². The standard InChI is InChI=1S/C23H30N2O2/c1-18(2)15-16-24-21(26)23(3,4)22(27)25(20-13-9-6-10-14-20)17-19-11-7-5-8-12-19/h5-14,18H,15-17H2,1-4H3,(H,24,26). The van der Waals surface area contributed by atoms with Crippen molar-refractivity contribution in [2.45, 2.75) is 40.7 Å². The van der Waals surface area contributed by atoms with Gasteiger partial charge in [0.1, 0.15) is 5.41 Å². The van der Waals surface area contributed by atoms with Crippen molar-refractivity contribution in [1.29, 1.82) is 0 Å². The monoisotopic (exact) mass is 366 g/mol. The zero-order chi connectivity index (χ0) is 19.9. The molecule has 0 atom stereocenters. The van der Waals surface area contributed by atoms with Crippen LogP contribution in [-0.2, 0) is 16.1 Å². The van der Waals surface area contributed by atoms with E-state index in [1.54, 1.807) is 18.7 Å². The smallest absolute Gasteiger partial charge is 0.242 e. The van der Waals surface area contributed by atoms with E-state index in [-0.39, 0.29) is 11.8 Å². The molecule has 144 valence electrons. The maximum Gasteiger partial charge on any atom is 0.242 e. The molecule has 2 aromatic rings. The lowest BCUT2D eigenvalue weighted by Crippen LogP contribution is -2.49. The minimum absolute atomic E-state index is 0.209. The molecule has 2 amide bonds. The largest absolute Gasteiger partial charge is 0.355 e. The van der Waals surface area contributed by atoms with E-state index in [2.05, 4.69) is 19.2 Å². The first-order valence-electron chi connectivity index (χ1n) is 9.51. The third-order valence-electron chi connectivity index (χ3n) is 4.61. The van der Waals surface area contributed by atoms with Gasteiger partial charge in [0.15, 0.2) is 0 Å². The summed E-state index contributed by atoms with van der Waals surface area (Å²) in [5, 5.41) is 2.92. The van der Waals surface area contributed by atoms with Gasteiger partial charge < -0.3 is 10.2 Å². The van der Waals surface area contributed by atoms with Gasteiger partial charge in [-0.15, -0.1) is 0 Å². The molecule has 4 heteroatoms. The summed E-state index contributed by atoms with van der Waals surface area (Å²) in [4.78, 5) is 27.8. The second-order valence-electron chi connectivity index (χ2n) is 7.78. The van der Waals surface area contributed by atoms with Crippen LogP contribution in [0.5, 0.6) is 0 Å². The Balaban J connectivity index is 2.23. The van der Waals surface area contributed by atoms with Crippen molar-refractivity contribution in [2.24, 2.45) is 11.3 Å². The van der Waals surface area contributed by atoms with Gasteiger partial charge in [0, 0.05) is 12.2 Å². The van der Waals surface area contributed by atoms with Crippen molar-refractivity contribution >= 4 is 17.5 Å². The number of carbonyl (C=O) groups is 2. The summed E-state index contributed by atoms with van der Waals surface area (Å²) in [6, 6.07) is 19.3. The lowest BCUT2D eigenvalue weighted by molar-refractivity contribution is -0.139. The van der Waals surface area contributed by atoms with Gasteiger partial charge in [0.25, 0.3) is 0 Å². The van der Waals surface area contributed by atoms with Crippen LogP contribution in [0.3, 0.4) is 0 Å². The summed E-state index contributed by atoms with van der Waals surface area (Å²) in [6.07, 6.45) is 0.891. The van der Waals surface area contributed by atoms with Crippen LogP contribution in [0, 0.1) is 11.3 Å². The molecule has 0 aliphatic heterocycles. The third kappa shape index (κ3) is 5.68. The Morgan fingerprint density at radius 1 is 0.963 bits per heavy atom. The highest BCUT2D eigenvalue weighted by molar-refractivity contribution is 6.10. The number of amides is 2. The number of benzene rings is 2. The fourth-order valence-corrected chi connectivity index (χ4v) is 2.78. The minimum Gasteiger partial charge on any atom is -0.355 e. The molecule has 0 aliphatic rings. The number of nitrogens with one attached hydrogen (secondary N) is 1. The predicted octanol–water partition coefficient (Wildman–Crippen LogP) is 4.41.